The molecule has 3 aromatic rings. The highest BCUT2D eigenvalue weighted by atomic mass is 127. The molecular weight excluding hydrogens is 627 g/mol. The van der Waals surface area contributed by atoms with Crippen molar-refractivity contribution in [3.05, 3.63) is 95.6 Å². The minimum atomic E-state index is -4.43. The van der Waals surface area contributed by atoms with Gasteiger partial charge in [0.05, 0.1) is 4.90 Å². The Labute approximate surface area is 255 Å². The molecule has 40 heavy (non-hydrogen) atoms. The third-order valence-corrected chi connectivity index (χ3v) is 10.5. The van der Waals surface area contributed by atoms with Crippen molar-refractivity contribution in [1.82, 2.24) is 0 Å². The first kappa shape index (κ1) is 34.5. The van der Waals surface area contributed by atoms with Crippen molar-refractivity contribution in [1.29, 1.82) is 0 Å². The van der Waals surface area contributed by atoms with Crippen LogP contribution in [0.2, 0.25) is 0 Å². The van der Waals surface area contributed by atoms with Crippen molar-refractivity contribution in [2.75, 3.05) is 0 Å². The van der Waals surface area contributed by atoms with Crippen LogP contribution in [0, 0.1) is 7.14 Å². The largest absolute Gasteiger partial charge is 0.744 e. The van der Waals surface area contributed by atoms with Gasteiger partial charge in [0.2, 0.25) is 0 Å². The van der Waals surface area contributed by atoms with Crippen molar-refractivity contribution >= 4 is 10.1 Å². The summed E-state index contributed by atoms with van der Waals surface area (Å²) < 4.78 is 37.4. The number of benzene rings is 3. The van der Waals surface area contributed by atoms with Gasteiger partial charge in [-0.3, -0.25) is 0 Å². The van der Waals surface area contributed by atoms with Crippen LogP contribution in [0.3, 0.4) is 0 Å². The minimum absolute atomic E-state index is 0.00910. The van der Waals surface area contributed by atoms with Gasteiger partial charge >= 0.3 is 21.2 Å². The summed E-state index contributed by atoms with van der Waals surface area (Å²) in [5, 5.41) is 0. The number of rotatable bonds is 6. The van der Waals surface area contributed by atoms with E-state index in [-0.39, 0.29) is 48.8 Å². The summed E-state index contributed by atoms with van der Waals surface area (Å²) in [5.74, 6) is 0.504. The molecule has 0 aliphatic rings. The second-order valence-corrected chi connectivity index (χ2v) is 17.9. The summed E-state index contributed by atoms with van der Waals surface area (Å²) in [5.41, 5.74) is 6.15. The topological polar surface area (TPSA) is 57.2 Å². The molecule has 5 heteroatoms. The van der Waals surface area contributed by atoms with E-state index in [4.69, 9.17) is 0 Å². The first-order valence-electron chi connectivity index (χ1n) is 14.2. The van der Waals surface area contributed by atoms with E-state index in [1.807, 2.05) is 27.7 Å². The van der Waals surface area contributed by atoms with Crippen LogP contribution >= 0.6 is 0 Å². The molecule has 0 saturated heterocycles. The zero-order valence-electron chi connectivity index (χ0n) is 26.5. The predicted molar refractivity (Wildman–Crippen MR) is 164 cm³/mol. The predicted octanol–water partition coefficient (Wildman–Crippen LogP) is 6.37. The fourth-order valence-corrected chi connectivity index (χ4v) is 7.75. The molecule has 0 fully saturated rings. The van der Waals surface area contributed by atoms with Gasteiger partial charge in [0.15, 0.2) is 7.14 Å². The first-order chi connectivity index (χ1) is 18.2. The van der Waals surface area contributed by atoms with Crippen molar-refractivity contribution in [2.45, 2.75) is 117 Å². The molecule has 3 aromatic carbocycles. The number of hydrogen-bond donors (Lipinski definition) is 0. The Kier molecular flexibility index (Phi) is 11.7. The maximum absolute atomic E-state index is 11.5. The van der Waals surface area contributed by atoms with E-state index in [2.05, 4.69) is 104 Å². The van der Waals surface area contributed by atoms with Gasteiger partial charge in [-0.2, -0.15) is 0 Å². The van der Waals surface area contributed by atoms with E-state index < -0.39 is 10.1 Å². The highest BCUT2D eigenvalue weighted by Crippen LogP contribution is 2.37. The van der Waals surface area contributed by atoms with E-state index in [1.165, 1.54) is 24.3 Å². The van der Waals surface area contributed by atoms with Gasteiger partial charge < -0.3 is 4.55 Å². The Morgan fingerprint density at radius 3 is 1.23 bits per heavy atom. The molecule has 0 atom stereocenters. The average molecular weight is 677 g/mol. The lowest BCUT2D eigenvalue weighted by Gasteiger charge is -2.26. The van der Waals surface area contributed by atoms with Crippen LogP contribution in [0.1, 0.15) is 129 Å². The monoisotopic (exact) mass is 676 g/mol. The normalized spacial score (nSPS) is 12.6. The molecule has 3 nitrogen and oxygen atoms in total. The van der Waals surface area contributed by atoms with E-state index in [1.54, 1.807) is 6.07 Å². The molecule has 0 aliphatic carbocycles. The first-order valence-corrected chi connectivity index (χ1v) is 17.8. The molecule has 0 amide bonds. The highest BCUT2D eigenvalue weighted by molar-refractivity contribution is 7.85. The quantitative estimate of drug-likeness (QED) is 0.225. The molecule has 0 N–H and O–H groups in total. The van der Waals surface area contributed by atoms with E-state index >= 15 is 0 Å². The summed E-state index contributed by atoms with van der Waals surface area (Å²) in [6.07, 6.45) is 0. The molecular formula is C35H49IO3S. The summed E-state index contributed by atoms with van der Waals surface area (Å²) in [4.78, 5) is -0.0596. The molecule has 0 saturated carbocycles. The van der Waals surface area contributed by atoms with Crippen LogP contribution in [0.25, 0.3) is 0 Å². The van der Waals surface area contributed by atoms with Crippen molar-refractivity contribution in [2.24, 2.45) is 0 Å². The SMILES string of the molecule is CC(C)(C)c1ccc([I+]c2ccc(C(C)(C)C)cc2)cc1.CC(C)c1ccc(S(=O)(=O)[O-])c(C(C)C)c1C(C)C. The maximum atomic E-state index is 11.5. The zero-order chi connectivity index (χ0) is 30.6. The van der Waals surface area contributed by atoms with Crippen LogP contribution in [0.5, 0.6) is 0 Å². The minimum Gasteiger partial charge on any atom is -0.744 e. The third-order valence-electron chi connectivity index (χ3n) is 6.97. The Morgan fingerprint density at radius 1 is 0.575 bits per heavy atom. The van der Waals surface area contributed by atoms with Gasteiger partial charge in [0, 0.05) is 0 Å². The van der Waals surface area contributed by atoms with Gasteiger partial charge in [-0.15, -0.1) is 0 Å². The Hall–Kier alpha value is -1.70. The standard InChI is InChI=1S/C20H26I.C15H24O3S/c1-19(2,3)15-7-11-17(12-8-15)21-18-13-9-16(10-14-18)20(4,5)6;1-9(2)12-7-8-13(19(16,17)18)15(11(5)6)14(12)10(3)4/h7-14H,1-6H3;7-11H,1-6H3,(H,16,17,18)/q+1;/p-1. The smallest absolute Gasteiger partial charge is 0.357 e. The molecule has 0 spiro atoms. The fraction of sp³-hybridized carbons (Fsp3) is 0.486. The zero-order valence-corrected chi connectivity index (χ0v) is 29.5. The summed E-state index contributed by atoms with van der Waals surface area (Å²) in [7, 11) is -4.43. The fourth-order valence-electron chi connectivity index (χ4n) is 4.75. The lowest BCUT2D eigenvalue weighted by molar-refractivity contribution is -0.597. The highest BCUT2D eigenvalue weighted by Gasteiger charge is 2.23. The lowest BCUT2D eigenvalue weighted by Crippen LogP contribution is -3.61. The maximum Gasteiger partial charge on any atom is 0.357 e. The van der Waals surface area contributed by atoms with E-state index in [0.717, 1.165) is 11.1 Å². The van der Waals surface area contributed by atoms with Crippen LogP contribution in [-0.2, 0) is 20.9 Å². The Morgan fingerprint density at radius 2 is 0.950 bits per heavy atom. The second-order valence-electron chi connectivity index (χ2n) is 13.5. The molecule has 0 heterocycles. The van der Waals surface area contributed by atoms with Crippen LogP contribution < -0.4 is 21.2 Å². The van der Waals surface area contributed by atoms with Crippen molar-refractivity contribution in [3.8, 4) is 0 Å². The molecule has 3 rings (SSSR count). The molecule has 0 aromatic heterocycles. The second kappa shape index (κ2) is 13.5. The third kappa shape index (κ3) is 9.42. The van der Waals surface area contributed by atoms with Gasteiger partial charge in [-0.25, -0.2) is 8.42 Å². The van der Waals surface area contributed by atoms with Crippen LogP contribution in [-0.4, -0.2) is 13.0 Å². The van der Waals surface area contributed by atoms with Crippen LogP contribution in [0.15, 0.2) is 65.6 Å². The lowest BCUT2D eigenvalue weighted by atomic mass is 9.83. The molecule has 220 valence electrons. The van der Waals surface area contributed by atoms with Crippen molar-refractivity contribution < 1.29 is 34.2 Å². The number of hydrogen-bond acceptors (Lipinski definition) is 3. The van der Waals surface area contributed by atoms with Gasteiger partial charge in [-0.1, -0.05) is 113 Å². The van der Waals surface area contributed by atoms with Gasteiger partial charge in [0.1, 0.15) is 10.1 Å². The summed E-state index contributed by atoms with van der Waals surface area (Å²) >= 11 is -0.0703. The molecule has 0 aliphatic heterocycles. The van der Waals surface area contributed by atoms with E-state index in [9.17, 15) is 13.0 Å². The average Bonchev–Trinajstić information content (AvgIpc) is 2.82. The van der Waals surface area contributed by atoms with E-state index in [0.29, 0.717) is 11.5 Å². The summed E-state index contributed by atoms with van der Waals surface area (Å²) in [6, 6.07) is 21.7. The summed E-state index contributed by atoms with van der Waals surface area (Å²) in [6.45, 7) is 25.7. The number of halogens is 1. The van der Waals surface area contributed by atoms with Gasteiger partial charge in [0.25, 0.3) is 0 Å². The molecule has 0 bridgehead atoms. The Bertz CT molecular complexity index is 1300. The van der Waals surface area contributed by atoms with Crippen LogP contribution in [0.4, 0.5) is 0 Å². The van der Waals surface area contributed by atoms with Gasteiger partial charge in [-0.05, 0) is 86.7 Å². The van der Waals surface area contributed by atoms with Crippen molar-refractivity contribution in [3.63, 3.8) is 0 Å². The molecule has 0 radical (unpaired) electrons. The molecule has 0 unspecified atom stereocenters. The Balaban J connectivity index is 0.000000282.